The third kappa shape index (κ3) is 7.71. The van der Waals surface area contributed by atoms with Crippen LogP contribution in [0.1, 0.15) is 11.1 Å². The standard InChI is InChI=1S/C17H21O8P.Na/c1-23-17-11-13(3-5-15(17)19)7-9-25-26(21,22)24-8-6-12-2-4-14(18)16(20)10-12;/h2-5,10-11,18-20H,6-9H2,1H3,(H,21,22);/q;+1/p-1. The fourth-order valence-electron chi connectivity index (χ4n) is 2.19. The molecule has 0 amide bonds. The van der Waals surface area contributed by atoms with E-state index in [1.165, 1.54) is 25.3 Å². The molecule has 0 saturated carbocycles. The number of methoxy groups -OCH3 is 1. The summed E-state index contributed by atoms with van der Waals surface area (Å²) in [6, 6.07) is 8.86. The molecular weight excluding hydrogens is 386 g/mol. The van der Waals surface area contributed by atoms with Crippen molar-refractivity contribution in [1.29, 1.82) is 0 Å². The van der Waals surface area contributed by atoms with Crippen LogP contribution in [0.3, 0.4) is 0 Å². The van der Waals surface area contributed by atoms with E-state index in [2.05, 4.69) is 0 Å². The van der Waals surface area contributed by atoms with Crippen molar-refractivity contribution in [2.24, 2.45) is 0 Å². The Morgan fingerprint density at radius 1 is 0.889 bits per heavy atom. The summed E-state index contributed by atoms with van der Waals surface area (Å²) in [5.41, 5.74) is 1.34. The van der Waals surface area contributed by atoms with Crippen LogP contribution >= 0.6 is 7.82 Å². The van der Waals surface area contributed by atoms with Crippen LogP contribution in [-0.2, 0) is 26.5 Å². The topological polar surface area (TPSA) is 129 Å². The van der Waals surface area contributed by atoms with Gasteiger partial charge in [-0.3, -0.25) is 4.57 Å². The van der Waals surface area contributed by atoms with Crippen LogP contribution in [0.25, 0.3) is 0 Å². The first-order valence-electron chi connectivity index (χ1n) is 7.77. The number of phenolic OH excluding ortho intramolecular Hbond substituents is 3. The second kappa shape index (κ2) is 10.9. The molecule has 27 heavy (non-hydrogen) atoms. The fraction of sp³-hybridized carbons (Fsp3) is 0.294. The monoisotopic (exact) mass is 406 g/mol. The quantitative estimate of drug-likeness (QED) is 0.278. The summed E-state index contributed by atoms with van der Waals surface area (Å²) in [6.45, 7) is -0.271. The summed E-state index contributed by atoms with van der Waals surface area (Å²) in [5, 5.41) is 28.1. The van der Waals surface area contributed by atoms with E-state index in [-0.39, 0.29) is 72.9 Å². The first-order chi connectivity index (χ1) is 12.3. The van der Waals surface area contributed by atoms with Gasteiger partial charge < -0.3 is 34.0 Å². The van der Waals surface area contributed by atoms with E-state index in [9.17, 15) is 24.8 Å². The molecule has 0 bridgehead atoms. The minimum Gasteiger partial charge on any atom is -0.756 e. The average Bonchev–Trinajstić information content (AvgIpc) is 2.59. The first-order valence-corrected chi connectivity index (χ1v) is 9.23. The van der Waals surface area contributed by atoms with Crippen LogP contribution in [0, 0.1) is 0 Å². The van der Waals surface area contributed by atoms with Gasteiger partial charge in [-0.1, -0.05) is 12.1 Å². The molecule has 0 aliphatic rings. The van der Waals surface area contributed by atoms with Crippen molar-refractivity contribution in [2.45, 2.75) is 12.8 Å². The molecule has 0 saturated heterocycles. The molecule has 2 rings (SSSR count). The SMILES string of the molecule is COc1cc(CCOP(=O)([O-])OCCc2ccc(O)c(O)c2)ccc1O.[Na+]. The molecule has 2 aromatic rings. The third-order valence-corrected chi connectivity index (χ3v) is 4.56. The van der Waals surface area contributed by atoms with Gasteiger partial charge in [0.1, 0.15) is 0 Å². The van der Waals surface area contributed by atoms with Crippen molar-refractivity contribution in [1.82, 2.24) is 0 Å². The molecule has 0 fully saturated rings. The van der Waals surface area contributed by atoms with Gasteiger partial charge in [-0.15, -0.1) is 0 Å². The molecule has 1 unspecified atom stereocenters. The number of phosphoric ester groups is 1. The zero-order chi connectivity index (χ0) is 19.2. The molecule has 0 radical (unpaired) electrons. The van der Waals surface area contributed by atoms with E-state index < -0.39 is 7.82 Å². The Balaban J connectivity index is 0.00000364. The van der Waals surface area contributed by atoms with Crippen LogP contribution in [-0.4, -0.2) is 35.6 Å². The van der Waals surface area contributed by atoms with Gasteiger partial charge in [0, 0.05) is 0 Å². The van der Waals surface area contributed by atoms with E-state index in [0.29, 0.717) is 11.3 Å². The number of hydrogen-bond acceptors (Lipinski definition) is 8. The molecule has 0 aromatic heterocycles. The molecule has 8 nitrogen and oxygen atoms in total. The van der Waals surface area contributed by atoms with Gasteiger partial charge in [0.15, 0.2) is 23.0 Å². The fourth-order valence-corrected chi connectivity index (χ4v) is 2.89. The normalized spacial score (nSPS) is 12.8. The Labute approximate surface area is 179 Å². The predicted octanol–water partition coefficient (Wildman–Crippen LogP) is -0.897. The molecule has 0 spiro atoms. The van der Waals surface area contributed by atoms with Crippen LogP contribution in [0.15, 0.2) is 36.4 Å². The summed E-state index contributed by atoms with van der Waals surface area (Å²) in [7, 11) is -3.04. The summed E-state index contributed by atoms with van der Waals surface area (Å²) in [5.74, 6) is -0.247. The van der Waals surface area contributed by atoms with Crippen molar-refractivity contribution in [3.8, 4) is 23.0 Å². The van der Waals surface area contributed by atoms with Gasteiger partial charge in [0.2, 0.25) is 0 Å². The first kappa shape index (κ1) is 23.8. The molecule has 3 N–H and O–H groups in total. The molecule has 0 aliphatic heterocycles. The largest absolute Gasteiger partial charge is 1.00 e. The summed E-state index contributed by atoms with van der Waals surface area (Å²) >= 11 is 0. The number of ether oxygens (including phenoxy) is 1. The minimum absolute atomic E-state index is 0. The van der Waals surface area contributed by atoms with E-state index in [4.69, 9.17) is 13.8 Å². The maximum Gasteiger partial charge on any atom is 1.00 e. The van der Waals surface area contributed by atoms with E-state index >= 15 is 0 Å². The van der Waals surface area contributed by atoms with Gasteiger partial charge >= 0.3 is 29.6 Å². The van der Waals surface area contributed by atoms with Crippen molar-refractivity contribution < 1.29 is 68.1 Å². The average molecular weight is 406 g/mol. The number of rotatable bonds is 9. The number of hydrogen-bond donors (Lipinski definition) is 3. The van der Waals surface area contributed by atoms with Crippen molar-refractivity contribution in [3.05, 3.63) is 47.5 Å². The predicted molar refractivity (Wildman–Crippen MR) is 91.3 cm³/mol. The zero-order valence-corrected chi connectivity index (χ0v) is 18.0. The van der Waals surface area contributed by atoms with Gasteiger partial charge in [-0.05, 0) is 48.2 Å². The molecule has 0 aliphatic carbocycles. The Morgan fingerprint density at radius 2 is 1.41 bits per heavy atom. The third-order valence-electron chi connectivity index (χ3n) is 3.56. The molecule has 0 heterocycles. The van der Waals surface area contributed by atoms with E-state index in [1.807, 2.05) is 0 Å². The zero-order valence-electron chi connectivity index (χ0n) is 15.1. The van der Waals surface area contributed by atoms with Gasteiger partial charge in [0.05, 0.1) is 20.3 Å². The molecule has 2 aromatic carbocycles. The van der Waals surface area contributed by atoms with Crippen LogP contribution in [0.2, 0.25) is 0 Å². The van der Waals surface area contributed by atoms with E-state index in [0.717, 1.165) is 5.56 Å². The molecular formula is C17H20NaO8P. The van der Waals surface area contributed by atoms with Gasteiger partial charge in [-0.2, -0.15) is 0 Å². The van der Waals surface area contributed by atoms with Crippen LogP contribution in [0.4, 0.5) is 0 Å². The summed E-state index contributed by atoms with van der Waals surface area (Å²) < 4.78 is 26.3. The van der Waals surface area contributed by atoms with E-state index in [1.54, 1.807) is 18.2 Å². The maximum absolute atomic E-state index is 11.7. The smallest absolute Gasteiger partial charge is 0.756 e. The van der Waals surface area contributed by atoms with Crippen LogP contribution in [0.5, 0.6) is 23.0 Å². The van der Waals surface area contributed by atoms with Crippen LogP contribution < -0.4 is 39.2 Å². The van der Waals surface area contributed by atoms with Crippen molar-refractivity contribution in [3.63, 3.8) is 0 Å². The Kier molecular flexibility index (Phi) is 9.62. The number of benzene rings is 2. The molecule has 1 atom stereocenters. The van der Waals surface area contributed by atoms with Crippen molar-refractivity contribution >= 4 is 7.82 Å². The summed E-state index contributed by atoms with van der Waals surface area (Å²) in [6.07, 6.45) is 0.511. The van der Waals surface area contributed by atoms with Gasteiger partial charge in [-0.25, -0.2) is 0 Å². The second-order valence-electron chi connectivity index (χ2n) is 5.44. The molecule has 142 valence electrons. The second-order valence-corrected chi connectivity index (χ2v) is 6.85. The maximum atomic E-state index is 11.7. The Bertz CT molecular complexity index is 798. The Hall–Kier alpha value is -1.25. The Morgan fingerprint density at radius 3 is 1.93 bits per heavy atom. The van der Waals surface area contributed by atoms with Crippen molar-refractivity contribution in [2.75, 3.05) is 20.3 Å². The minimum atomic E-state index is -4.46. The van der Waals surface area contributed by atoms with Gasteiger partial charge in [0.25, 0.3) is 7.82 Å². The number of aromatic hydroxyl groups is 3. The summed E-state index contributed by atoms with van der Waals surface area (Å²) in [4.78, 5) is 11.7. The number of phenols is 3. The number of phosphoric acid groups is 1. The molecule has 10 heteroatoms.